The monoisotopic (exact) mass is 254 g/mol. The largest absolute Gasteiger partial charge is 0.398 e. The Hall–Kier alpha value is -1.80. The van der Waals surface area contributed by atoms with Gasteiger partial charge in [-0.05, 0) is 37.0 Å². The first-order valence-electron chi connectivity index (χ1n) is 6.86. The Morgan fingerprint density at radius 3 is 2.42 bits per heavy atom. The first-order chi connectivity index (χ1) is 9.25. The van der Waals surface area contributed by atoms with Crippen molar-refractivity contribution in [3.05, 3.63) is 65.7 Å². The second-order valence-electron chi connectivity index (χ2n) is 5.01. The number of rotatable bonds is 6. The van der Waals surface area contributed by atoms with Gasteiger partial charge in [-0.3, -0.25) is 0 Å². The first-order valence-corrected chi connectivity index (χ1v) is 6.86. The summed E-state index contributed by atoms with van der Waals surface area (Å²) in [4.78, 5) is 0. The molecule has 0 saturated carbocycles. The topological polar surface area (TPSA) is 38.0 Å². The lowest BCUT2D eigenvalue weighted by molar-refractivity contribution is 0.514. The minimum absolute atomic E-state index is 0.486. The van der Waals surface area contributed by atoms with E-state index in [0.717, 1.165) is 25.1 Å². The molecule has 2 rings (SSSR count). The molecule has 1 unspecified atom stereocenters. The molecule has 0 fully saturated rings. The van der Waals surface area contributed by atoms with Crippen molar-refractivity contribution < 1.29 is 0 Å². The molecule has 0 aliphatic carbocycles. The third kappa shape index (κ3) is 4.42. The van der Waals surface area contributed by atoms with Crippen molar-refractivity contribution >= 4 is 5.69 Å². The highest BCUT2D eigenvalue weighted by molar-refractivity contribution is 5.46. The van der Waals surface area contributed by atoms with Crippen LogP contribution in [-0.4, -0.2) is 6.04 Å². The van der Waals surface area contributed by atoms with Crippen LogP contribution in [0.2, 0.25) is 0 Å². The molecule has 0 radical (unpaired) electrons. The third-order valence-electron chi connectivity index (χ3n) is 3.40. The molecule has 2 heteroatoms. The molecule has 19 heavy (non-hydrogen) atoms. The van der Waals surface area contributed by atoms with E-state index in [1.165, 1.54) is 11.1 Å². The zero-order valence-electron chi connectivity index (χ0n) is 11.5. The molecule has 2 nitrogen and oxygen atoms in total. The fourth-order valence-corrected chi connectivity index (χ4v) is 2.11. The Bertz CT molecular complexity index is 494. The normalized spacial score (nSPS) is 12.3. The van der Waals surface area contributed by atoms with E-state index in [2.05, 4.69) is 48.6 Å². The number of hydrogen-bond acceptors (Lipinski definition) is 2. The van der Waals surface area contributed by atoms with Crippen LogP contribution in [0.3, 0.4) is 0 Å². The van der Waals surface area contributed by atoms with Crippen LogP contribution >= 0.6 is 0 Å². The molecule has 0 spiro atoms. The number of benzene rings is 2. The summed E-state index contributed by atoms with van der Waals surface area (Å²) in [5.74, 6) is 0. The molecule has 0 aliphatic rings. The van der Waals surface area contributed by atoms with E-state index in [1.54, 1.807) is 0 Å². The predicted molar refractivity (Wildman–Crippen MR) is 81.9 cm³/mol. The maximum atomic E-state index is 5.93. The third-order valence-corrected chi connectivity index (χ3v) is 3.40. The molecular formula is C17H22N2. The van der Waals surface area contributed by atoms with Crippen molar-refractivity contribution in [3.63, 3.8) is 0 Å². The summed E-state index contributed by atoms with van der Waals surface area (Å²) in [6, 6.07) is 19.1. The van der Waals surface area contributed by atoms with Crippen molar-refractivity contribution in [1.82, 2.24) is 5.32 Å². The highest BCUT2D eigenvalue weighted by atomic mass is 14.9. The van der Waals surface area contributed by atoms with Gasteiger partial charge in [-0.1, -0.05) is 48.5 Å². The van der Waals surface area contributed by atoms with E-state index in [1.807, 2.05) is 18.2 Å². The van der Waals surface area contributed by atoms with Crippen LogP contribution in [0.1, 0.15) is 24.5 Å². The molecule has 0 saturated heterocycles. The number of nitrogen functional groups attached to an aromatic ring is 1. The van der Waals surface area contributed by atoms with Crippen molar-refractivity contribution in [2.24, 2.45) is 0 Å². The Morgan fingerprint density at radius 2 is 1.68 bits per heavy atom. The minimum Gasteiger partial charge on any atom is -0.398 e. The summed E-state index contributed by atoms with van der Waals surface area (Å²) in [7, 11) is 0. The van der Waals surface area contributed by atoms with Crippen LogP contribution in [0.5, 0.6) is 0 Å². The van der Waals surface area contributed by atoms with Gasteiger partial charge in [0.05, 0.1) is 0 Å². The average molecular weight is 254 g/mol. The summed E-state index contributed by atoms with van der Waals surface area (Å²) in [6.07, 6.45) is 2.25. The average Bonchev–Trinajstić information content (AvgIpc) is 2.45. The first kappa shape index (κ1) is 13.6. The summed E-state index contributed by atoms with van der Waals surface area (Å²) in [5.41, 5.74) is 9.37. The van der Waals surface area contributed by atoms with E-state index >= 15 is 0 Å². The summed E-state index contributed by atoms with van der Waals surface area (Å²) >= 11 is 0. The van der Waals surface area contributed by atoms with Gasteiger partial charge in [0, 0.05) is 18.3 Å². The lowest BCUT2D eigenvalue weighted by atomic mass is 10.1. The number of para-hydroxylation sites is 1. The molecule has 3 N–H and O–H groups in total. The molecule has 1 atom stereocenters. The Kier molecular flexibility index (Phi) is 4.99. The van der Waals surface area contributed by atoms with Gasteiger partial charge in [-0.25, -0.2) is 0 Å². The smallest absolute Gasteiger partial charge is 0.0359 e. The van der Waals surface area contributed by atoms with E-state index in [9.17, 15) is 0 Å². The van der Waals surface area contributed by atoms with Crippen molar-refractivity contribution in [2.45, 2.75) is 32.4 Å². The lowest BCUT2D eigenvalue weighted by Crippen LogP contribution is -2.26. The van der Waals surface area contributed by atoms with Crippen molar-refractivity contribution in [2.75, 3.05) is 5.73 Å². The van der Waals surface area contributed by atoms with Crippen LogP contribution in [-0.2, 0) is 13.0 Å². The Balaban J connectivity index is 1.76. The Morgan fingerprint density at radius 1 is 1.00 bits per heavy atom. The molecule has 0 aliphatic heterocycles. The van der Waals surface area contributed by atoms with E-state index < -0.39 is 0 Å². The number of anilines is 1. The molecule has 0 aromatic heterocycles. The van der Waals surface area contributed by atoms with Crippen LogP contribution in [0.4, 0.5) is 5.69 Å². The van der Waals surface area contributed by atoms with Gasteiger partial charge in [0.25, 0.3) is 0 Å². The zero-order chi connectivity index (χ0) is 13.5. The van der Waals surface area contributed by atoms with E-state index in [0.29, 0.717) is 6.04 Å². The summed E-state index contributed by atoms with van der Waals surface area (Å²) in [5, 5.41) is 3.53. The maximum Gasteiger partial charge on any atom is 0.0359 e. The van der Waals surface area contributed by atoms with Gasteiger partial charge in [0.1, 0.15) is 0 Å². The van der Waals surface area contributed by atoms with Crippen LogP contribution in [0.15, 0.2) is 54.6 Å². The highest BCUT2D eigenvalue weighted by Crippen LogP contribution is 2.11. The van der Waals surface area contributed by atoms with Gasteiger partial charge >= 0.3 is 0 Å². The van der Waals surface area contributed by atoms with Gasteiger partial charge in [0.2, 0.25) is 0 Å². The van der Waals surface area contributed by atoms with Crippen molar-refractivity contribution in [3.8, 4) is 0 Å². The molecule has 2 aromatic carbocycles. The standard InChI is InChI=1S/C17H22N2/c1-14(11-12-15-7-3-2-4-8-15)19-13-16-9-5-6-10-17(16)18/h2-10,14,19H,11-13,18H2,1H3. The van der Waals surface area contributed by atoms with Gasteiger partial charge < -0.3 is 11.1 Å². The fraction of sp³-hybridized carbons (Fsp3) is 0.294. The number of hydrogen-bond donors (Lipinski definition) is 2. The van der Waals surface area contributed by atoms with Gasteiger partial charge in [-0.2, -0.15) is 0 Å². The fourth-order valence-electron chi connectivity index (χ4n) is 2.11. The molecule has 0 bridgehead atoms. The zero-order valence-corrected chi connectivity index (χ0v) is 11.5. The second kappa shape index (κ2) is 6.95. The molecule has 0 heterocycles. The highest BCUT2D eigenvalue weighted by Gasteiger charge is 2.03. The number of nitrogens with one attached hydrogen (secondary N) is 1. The van der Waals surface area contributed by atoms with Crippen LogP contribution < -0.4 is 11.1 Å². The van der Waals surface area contributed by atoms with Crippen LogP contribution in [0.25, 0.3) is 0 Å². The van der Waals surface area contributed by atoms with E-state index in [4.69, 9.17) is 5.73 Å². The number of nitrogens with two attached hydrogens (primary N) is 1. The van der Waals surface area contributed by atoms with Gasteiger partial charge in [0.15, 0.2) is 0 Å². The summed E-state index contributed by atoms with van der Waals surface area (Å²) < 4.78 is 0. The van der Waals surface area contributed by atoms with Crippen LogP contribution in [0, 0.1) is 0 Å². The number of aryl methyl sites for hydroxylation is 1. The molecule has 2 aromatic rings. The summed E-state index contributed by atoms with van der Waals surface area (Å²) in [6.45, 7) is 3.06. The molecule has 100 valence electrons. The second-order valence-corrected chi connectivity index (χ2v) is 5.01. The van der Waals surface area contributed by atoms with E-state index in [-0.39, 0.29) is 0 Å². The quantitative estimate of drug-likeness (QED) is 0.776. The van der Waals surface area contributed by atoms with Crippen molar-refractivity contribution in [1.29, 1.82) is 0 Å². The van der Waals surface area contributed by atoms with Gasteiger partial charge in [-0.15, -0.1) is 0 Å². The maximum absolute atomic E-state index is 5.93. The lowest BCUT2D eigenvalue weighted by Gasteiger charge is -2.14. The SMILES string of the molecule is CC(CCc1ccccc1)NCc1ccccc1N. The Labute approximate surface area is 115 Å². The molecular weight excluding hydrogens is 232 g/mol. The predicted octanol–water partition coefficient (Wildman–Crippen LogP) is 3.38. The minimum atomic E-state index is 0.486. The molecule has 0 amide bonds.